The van der Waals surface area contributed by atoms with Crippen LogP contribution in [0.15, 0.2) is 30.3 Å². The van der Waals surface area contributed by atoms with E-state index in [0.717, 1.165) is 12.8 Å². The van der Waals surface area contributed by atoms with Gasteiger partial charge in [0.2, 0.25) is 0 Å². The lowest BCUT2D eigenvalue weighted by Crippen LogP contribution is -2.45. The van der Waals surface area contributed by atoms with Crippen LogP contribution in [0, 0.1) is 5.92 Å². The van der Waals surface area contributed by atoms with Gasteiger partial charge >= 0.3 is 6.03 Å². The first-order chi connectivity index (χ1) is 9.70. The zero-order valence-electron chi connectivity index (χ0n) is 12.1. The number of hydrogen-bond acceptors (Lipinski definition) is 2. The average Bonchev–Trinajstić information content (AvgIpc) is 2.87. The van der Waals surface area contributed by atoms with Crippen molar-refractivity contribution in [3.63, 3.8) is 0 Å². The van der Waals surface area contributed by atoms with Gasteiger partial charge in [-0.2, -0.15) is 0 Å². The largest absolute Gasteiger partial charge is 0.395 e. The van der Waals surface area contributed by atoms with Gasteiger partial charge in [0.05, 0.1) is 6.61 Å². The number of benzene rings is 1. The number of nitrogens with zero attached hydrogens (tertiary/aromatic N) is 1. The van der Waals surface area contributed by atoms with Gasteiger partial charge in [-0.25, -0.2) is 4.79 Å². The molecule has 2 amide bonds. The molecule has 0 spiro atoms. The van der Waals surface area contributed by atoms with Crippen molar-refractivity contribution in [1.82, 2.24) is 10.2 Å². The summed E-state index contributed by atoms with van der Waals surface area (Å²) in [4.78, 5) is 13.5. The van der Waals surface area contributed by atoms with Crippen molar-refractivity contribution >= 4 is 6.03 Å². The lowest BCUT2D eigenvalue weighted by atomic mass is 9.95. The lowest BCUT2D eigenvalue weighted by molar-refractivity contribution is 0.184. The first-order valence-electron chi connectivity index (χ1n) is 7.37. The van der Waals surface area contributed by atoms with Crippen LogP contribution in [0.3, 0.4) is 0 Å². The van der Waals surface area contributed by atoms with Gasteiger partial charge in [-0.05, 0) is 30.7 Å². The van der Waals surface area contributed by atoms with Crippen LogP contribution in [0.25, 0.3) is 0 Å². The highest BCUT2D eigenvalue weighted by Crippen LogP contribution is 2.28. The molecule has 0 bridgehead atoms. The Hall–Kier alpha value is -1.55. The van der Waals surface area contributed by atoms with Crippen molar-refractivity contribution in [3.8, 4) is 0 Å². The van der Waals surface area contributed by atoms with Gasteiger partial charge in [0, 0.05) is 19.6 Å². The monoisotopic (exact) mass is 276 g/mol. The molecule has 4 nitrogen and oxygen atoms in total. The molecule has 0 heterocycles. The highest BCUT2D eigenvalue weighted by atomic mass is 16.3. The van der Waals surface area contributed by atoms with Gasteiger partial charge in [-0.3, -0.25) is 0 Å². The molecule has 1 aromatic carbocycles. The van der Waals surface area contributed by atoms with Gasteiger partial charge < -0.3 is 15.3 Å². The molecule has 1 saturated carbocycles. The molecule has 20 heavy (non-hydrogen) atoms. The molecule has 0 aromatic heterocycles. The highest BCUT2D eigenvalue weighted by Gasteiger charge is 2.29. The SMILES string of the molecule is CN(CCO)C(=O)NC1CCCC1Cc1ccccc1. The fourth-order valence-corrected chi connectivity index (χ4v) is 2.91. The molecule has 0 radical (unpaired) electrons. The Morgan fingerprint density at radius 1 is 1.35 bits per heavy atom. The summed E-state index contributed by atoms with van der Waals surface area (Å²) in [7, 11) is 1.71. The second-order valence-corrected chi connectivity index (χ2v) is 5.58. The Morgan fingerprint density at radius 2 is 2.10 bits per heavy atom. The van der Waals surface area contributed by atoms with E-state index in [1.165, 1.54) is 23.3 Å². The first-order valence-corrected chi connectivity index (χ1v) is 7.37. The second-order valence-electron chi connectivity index (χ2n) is 5.58. The average molecular weight is 276 g/mol. The third-order valence-corrected chi connectivity index (χ3v) is 4.09. The maximum Gasteiger partial charge on any atom is 0.317 e. The van der Waals surface area contributed by atoms with Crippen LogP contribution in [0.5, 0.6) is 0 Å². The Bertz CT molecular complexity index is 422. The van der Waals surface area contributed by atoms with Crippen LogP contribution in [-0.2, 0) is 6.42 Å². The van der Waals surface area contributed by atoms with Crippen LogP contribution >= 0.6 is 0 Å². The topological polar surface area (TPSA) is 52.6 Å². The van der Waals surface area contributed by atoms with Gasteiger partial charge in [0.25, 0.3) is 0 Å². The van der Waals surface area contributed by atoms with Crippen molar-refractivity contribution in [1.29, 1.82) is 0 Å². The smallest absolute Gasteiger partial charge is 0.317 e. The lowest BCUT2D eigenvalue weighted by Gasteiger charge is -2.24. The summed E-state index contributed by atoms with van der Waals surface area (Å²) in [5, 5.41) is 12.0. The van der Waals surface area contributed by atoms with Crippen molar-refractivity contribution < 1.29 is 9.90 Å². The van der Waals surface area contributed by atoms with Crippen molar-refractivity contribution in [2.75, 3.05) is 20.2 Å². The molecule has 2 atom stereocenters. The predicted molar refractivity (Wildman–Crippen MR) is 79.5 cm³/mol. The van der Waals surface area contributed by atoms with Crippen molar-refractivity contribution in [2.24, 2.45) is 5.92 Å². The van der Waals surface area contributed by atoms with E-state index < -0.39 is 0 Å². The summed E-state index contributed by atoms with van der Waals surface area (Å²) in [6.45, 7) is 0.379. The minimum Gasteiger partial charge on any atom is -0.395 e. The fourth-order valence-electron chi connectivity index (χ4n) is 2.91. The molecule has 1 fully saturated rings. The molecular weight excluding hydrogens is 252 g/mol. The fraction of sp³-hybridized carbons (Fsp3) is 0.562. The molecule has 0 saturated heterocycles. The number of rotatable bonds is 5. The summed E-state index contributed by atoms with van der Waals surface area (Å²) in [5.74, 6) is 0.517. The number of urea groups is 1. The van der Waals surface area contributed by atoms with E-state index in [-0.39, 0.29) is 18.7 Å². The number of carbonyl (C=O) groups is 1. The highest BCUT2D eigenvalue weighted by molar-refractivity contribution is 5.74. The number of aliphatic hydroxyl groups excluding tert-OH is 1. The number of aliphatic hydroxyl groups is 1. The van der Waals surface area contributed by atoms with E-state index >= 15 is 0 Å². The molecule has 1 aromatic rings. The minimum atomic E-state index is -0.0796. The van der Waals surface area contributed by atoms with Gasteiger partial charge in [0.15, 0.2) is 0 Å². The summed E-state index contributed by atoms with van der Waals surface area (Å²) >= 11 is 0. The van der Waals surface area contributed by atoms with Crippen LogP contribution < -0.4 is 5.32 Å². The van der Waals surface area contributed by atoms with Crippen LogP contribution in [0.2, 0.25) is 0 Å². The quantitative estimate of drug-likeness (QED) is 0.864. The van der Waals surface area contributed by atoms with Gasteiger partial charge in [-0.1, -0.05) is 36.8 Å². The van der Waals surface area contributed by atoms with Crippen molar-refractivity contribution in [3.05, 3.63) is 35.9 Å². The van der Waals surface area contributed by atoms with Crippen LogP contribution in [0.1, 0.15) is 24.8 Å². The summed E-state index contributed by atoms with van der Waals surface area (Å²) in [6, 6.07) is 10.6. The van der Waals surface area contributed by atoms with E-state index in [0.29, 0.717) is 12.5 Å². The number of likely N-dealkylation sites (N-methyl/N-ethyl adjacent to an activating group) is 1. The molecular formula is C16H24N2O2. The van der Waals surface area contributed by atoms with Gasteiger partial charge in [0.1, 0.15) is 0 Å². The summed E-state index contributed by atoms with van der Waals surface area (Å²) < 4.78 is 0. The first kappa shape index (κ1) is 14.9. The maximum atomic E-state index is 12.0. The number of amides is 2. The normalized spacial score (nSPS) is 21.7. The molecule has 1 aliphatic carbocycles. The number of nitrogens with one attached hydrogen (secondary N) is 1. The standard InChI is InChI=1S/C16H24N2O2/c1-18(10-11-19)16(20)17-15-9-5-8-14(15)12-13-6-3-2-4-7-13/h2-4,6-7,14-15,19H,5,8-12H2,1H3,(H,17,20). The van der Waals surface area contributed by atoms with Crippen LogP contribution in [-0.4, -0.2) is 42.3 Å². The maximum absolute atomic E-state index is 12.0. The second kappa shape index (κ2) is 7.29. The zero-order chi connectivity index (χ0) is 14.4. The number of hydrogen-bond donors (Lipinski definition) is 2. The van der Waals surface area contributed by atoms with E-state index in [9.17, 15) is 4.79 Å². The molecule has 2 rings (SSSR count). The van der Waals surface area contributed by atoms with Gasteiger partial charge in [-0.15, -0.1) is 0 Å². The Kier molecular flexibility index (Phi) is 5.41. The third-order valence-electron chi connectivity index (χ3n) is 4.09. The summed E-state index contributed by atoms with van der Waals surface area (Å²) in [6.07, 6.45) is 4.42. The molecule has 0 aliphatic heterocycles. The zero-order valence-corrected chi connectivity index (χ0v) is 12.1. The predicted octanol–water partition coefficient (Wildman–Crippen LogP) is 2.03. The Labute approximate surface area is 120 Å². The third kappa shape index (κ3) is 3.97. The van der Waals surface area contributed by atoms with E-state index in [2.05, 4.69) is 29.6 Å². The molecule has 2 unspecified atom stereocenters. The number of carbonyl (C=O) groups excluding carboxylic acids is 1. The van der Waals surface area contributed by atoms with E-state index in [4.69, 9.17) is 5.11 Å². The molecule has 4 heteroatoms. The Morgan fingerprint density at radius 3 is 2.80 bits per heavy atom. The van der Waals surface area contributed by atoms with E-state index in [1.807, 2.05) is 6.07 Å². The van der Waals surface area contributed by atoms with E-state index in [1.54, 1.807) is 7.05 Å². The molecule has 2 N–H and O–H groups in total. The van der Waals surface area contributed by atoms with Crippen molar-refractivity contribution in [2.45, 2.75) is 31.7 Å². The van der Waals surface area contributed by atoms with Crippen LogP contribution in [0.4, 0.5) is 4.79 Å². The molecule has 1 aliphatic rings. The summed E-state index contributed by atoms with van der Waals surface area (Å²) in [5.41, 5.74) is 1.34. The molecule has 110 valence electrons. The minimum absolute atomic E-state index is 0.00201. The Balaban J connectivity index is 1.89.